The quantitative estimate of drug-likeness (QED) is 0.571. The molecule has 22 heavy (non-hydrogen) atoms. The smallest absolute Gasteiger partial charge is 0.272 e. The summed E-state index contributed by atoms with van der Waals surface area (Å²) in [5, 5.41) is 14.5. The standard InChI is InChI=1S/C16H13N3O3/c1-10-6-7-12(19(21)22)9-14(10)18-16(20)15-8-11-4-2-3-5-13(11)17-15/h2-9,17H,1H3,(H,18,20). The molecule has 0 radical (unpaired) electrons. The highest BCUT2D eigenvalue weighted by Crippen LogP contribution is 2.23. The number of carbonyl (C=O) groups is 1. The molecule has 110 valence electrons. The maximum Gasteiger partial charge on any atom is 0.272 e. The molecule has 0 saturated heterocycles. The molecule has 0 spiro atoms. The number of rotatable bonds is 3. The predicted molar refractivity (Wildman–Crippen MR) is 84.1 cm³/mol. The number of nitro groups is 1. The van der Waals surface area contributed by atoms with E-state index in [9.17, 15) is 14.9 Å². The largest absolute Gasteiger partial charge is 0.351 e. The molecule has 0 bridgehead atoms. The van der Waals surface area contributed by atoms with Crippen molar-refractivity contribution in [3.8, 4) is 0 Å². The summed E-state index contributed by atoms with van der Waals surface area (Å²) in [7, 11) is 0. The number of amides is 1. The van der Waals surface area contributed by atoms with Crippen molar-refractivity contribution in [2.24, 2.45) is 0 Å². The Bertz CT molecular complexity index is 850. The minimum Gasteiger partial charge on any atom is -0.351 e. The fourth-order valence-corrected chi connectivity index (χ4v) is 2.24. The molecule has 1 aromatic heterocycles. The molecule has 1 amide bonds. The highest BCUT2D eigenvalue weighted by Gasteiger charge is 2.13. The molecule has 3 rings (SSSR count). The third kappa shape index (κ3) is 2.54. The molecular weight excluding hydrogens is 282 g/mol. The molecule has 2 N–H and O–H groups in total. The summed E-state index contributed by atoms with van der Waals surface area (Å²) in [5.74, 6) is -0.334. The molecule has 6 nitrogen and oxygen atoms in total. The topological polar surface area (TPSA) is 88.0 Å². The number of aromatic nitrogens is 1. The van der Waals surface area contributed by atoms with E-state index in [1.54, 1.807) is 19.1 Å². The number of para-hydroxylation sites is 1. The van der Waals surface area contributed by atoms with Crippen LogP contribution in [0.3, 0.4) is 0 Å². The Morgan fingerprint density at radius 3 is 2.68 bits per heavy atom. The van der Waals surface area contributed by atoms with Gasteiger partial charge >= 0.3 is 0 Å². The molecule has 3 aromatic rings. The Morgan fingerprint density at radius 1 is 1.18 bits per heavy atom. The van der Waals surface area contributed by atoms with Gasteiger partial charge in [0.25, 0.3) is 11.6 Å². The molecule has 1 heterocycles. The summed E-state index contributed by atoms with van der Waals surface area (Å²) in [6.45, 7) is 1.78. The SMILES string of the molecule is Cc1ccc([N+](=O)[O-])cc1NC(=O)c1cc2ccccc2[nH]1. The Morgan fingerprint density at radius 2 is 1.95 bits per heavy atom. The van der Waals surface area contributed by atoms with Crippen LogP contribution in [-0.4, -0.2) is 15.8 Å². The van der Waals surface area contributed by atoms with Crippen LogP contribution < -0.4 is 5.32 Å². The first kappa shape index (κ1) is 13.8. The van der Waals surface area contributed by atoms with Gasteiger partial charge in [-0.05, 0) is 24.6 Å². The zero-order valence-electron chi connectivity index (χ0n) is 11.8. The normalized spacial score (nSPS) is 10.6. The van der Waals surface area contributed by atoms with Crippen LogP contribution in [-0.2, 0) is 0 Å². The summed E-state index contributed by atoms with van der Waals surface area (Å²) in [5.41, 5.74) is 2.40. The number of anilines is 1. The van der Waals surface area contributed by atoms with Crippen molar-refractivity contribution >= 4 is 28.2 Å². The maximum absolute atomic E-state index is 12.3. The fraction of sp³-hybridized carbons (Fsp3) is 0.0625. The summed E-state index contributed by atoms with van der Waals surface area (Å²) in [4.78, 5) is 25.7. The van der Waals surface area contributed by atoms with Gasteiger partial charge in [0.05, 0.1) is 10.6 Å². The first-order chi connectivity index (χ1) is 10.5. The summed E-state index contributed by atoms with van der Waals surface area (Å²) >= 11 is 0. The zero-order valence-corrected chi connectivity index (χ0v) is 11.8. The van der Waals surface area contributed by atoms with E-state index in [0.717, 1.165) is 16.5 Å². The molecule has 6 heteroatoms. The highest BCUT2D eigenvalue weighted by atomic mass is 16.6. The van der Waals surface area contributed by atoms with Crippen molar-refractivity contribution < 1.29 is 9.72 Å². The van der Waals surface area contributed by atoms with Crippen LogP contribution in [0, 0.1) is 17.0 Å². The molecule has 0 atom stereocenters. The second-order valence-electron chi connectivity index (χ2n) is 4.98. The summed E-state index contributed by atoms with van der Waals surface area (Å²) in [6.07, 6.45) is 0. The Balaban J connectivity index is 1.90. The van der Waals surface area contributed by atoms with Crippen molar-refractivity contribution in [2.75, 3.05) is 5.32 Å². The van der Waals surface area contributed by atoms with Gasteiger partial charge in [-0.1, -0.05) is 24.3 Å². The third-order valence-corrected chi connectivity index (χ3v) is 3.45. The monoisotopic (exact) mass is 295 g/mol. The third-order valence-electron chi connectivity index (χ3n) is 3.45. The molecular formula is C16H13N3O3. The summed E-state index contributed by atoms with van der Waals surface area (Å²) < 4.78 is 0. The minimum absolute atomic E-state index is 0.0578. The van der Waals surface area contributed by atoms with Gasteiger partial charge in [0, 0.05) is 23.0 Å². The van der Waals surface area contributed by atoms with Gasteiger partial charge in [-0.2, -0.15) is 0 Å². The van der Waals surface area contributed by atoms with E-state index in [4.69, 9.17) is 0 Å². The first-order valence-corrected chi connectivity index (χ1v) is 6.69. The first-order valence-electron chi connectivity index (χ1n) is 6.69. The minimum atomic E-state index is -0.488. The number of nitro benzene ring substituents is 1. The lowest BCUT2D eigenvalue weighted by atomic mass is 10.1. The number of fused-ring (bicyclic) bond motifs is 1. The number of nitrogens with zero attached hydrogens (tertiary/aromatic N) is 1. The van der Waals surface area contributed by atoms with Crippen molar-refractivity contribution in [1.82, 2.24) is 4.98 Å². The van der Waals surface area contributed by atoms with Crippen molar-refractivity contribution in [2.45, 2.75) is 6.92 Å². The zero-order chi connectivity index (χ0) is 15.7. The molecule has 0 saturated carbocycles. The number of hydrogen-bond acceptors (Lipinski definition) is 3. The Kier molecular flexibility index (Phi) is 3.34. The van der Waals surface area contributed by atoms with Gasteiger partial charge in [-0.15, -0.1) is 0 Å². The number of aryl methyl sites for hydroxylation is 1. The van der Waals surface area contributed by atoms with Crippen LogP contribution in [0.4, 0.5) is 11.4 Å². The average molecular weight is 295 g/mol. The second-order valence-corrected chi connectivity index (χ2v) is 4.98. The number of non-ortho nitro benzene ring substituents is 1. The second kappa shape index (κ2) is 5.33. The van der Waals surface area contributed by atoms with E-state index >= 15 is 0 Å². The van der Waals surface area contributed by atoms with Gasteiger partial charge in [0.15, 0.2) is 0 Å². The van der Waals surface area contributed by atoms with E-state index in [2.05, 4.69) is 10.3 Å². The van der Waals surface area contributed by atoms with Crippen LogP contribution in [0.2, 0.25) is 0 Å². The van der Waals surface area contributed by atoms with Crippen LogP contribution in [0.5, 0.6) is 0 Å². The fourth-order valence-electron chi connectivity index (χ4n) is 2.24. The van der Waals surface area contributed by atoms with E-state index in [0.29, 0.717) is 11.4 Å². The molecule has 0 aliphatic carbocycles. The molecule has 0 aliphatic rings. The Hall–Kier alpha value is -3.15. The van der Waals surface area contributed by atoms with E-state index in [1.165, 1.54) is 12.1 Å². The lowest BCUT2D eigenvalue weighted by molar-refractivity contribution is -0.384. The molecule has 0 aliphatic heterocycles. The summed E-state index contributed by atoms with van der Waals surface area (Å²) in [6, 6.07) is 13.7. The van der Waals surface area contributed by atoms with Crippen molar-refractivity contribution in [3.63, 3.8) is 0 Å². The number of carbonyl (C=O) groups excluding carboxylic acids is 1. The van der Waals surface area contributed by atoms with E-state index in [1.807, 2.05) is 24.3 Å². The lowest BCUT2D eigenvalue weighted by Crippen LogP contribution is -2.13. The van der Waals surface area contributed by atoms with E-state index < -0.39 is 4.92 Å². The van der Waals surface area contributed by atoms with Gasteiger partial charge in [-0.25, -0.2) is 0 Å². The maximum atomic E-state index is 12.3. The van der Waals surface area contributed by atoms with Crippen LogP contribution in [0.25, 0.3) is 10.9 Å². The Labute approximate surface area is 125 Å². The van der Waals surface area contributed by atoms with Gasteiger partial charge in [-0.3, -0.25) is 14.9 Å². The van der Waals surface area contributed by atoms with Gasteiger partial charge in [0.1, 0.15) is 5.69 Å². The molecule has 0 fully saturated rings. The number of H-pyrrole nitrogens is 1. The predicted octanol–water partition coefficient (Wildman–Crippen LogP) is 3.64. The average Bonchev–Trinajstić information content (AvgIpc) is 2.93. The van der Waals surface area contributed by atoms with Crippen LogP contribution in [0.15, 0.2) is 48.5 Å². The number of aromatic amines is 1. The van der Waals surface area contributed by atoms with Crippen molar-refractivity contribution in [3.05, 3.63) is 69.9 Å². The highest BCUT2D eigenvalue weighted by molar-refractivity contribution is 6.06. The number of benzene rings is 2. The van der Waals surface area contributed by atoms with Gasteiger partial charge < -0.3 is 10.3 Å². The van der Waals surface area contributed by atoms with E-state index in [-0.39, 0.29) is 11.6 Å². The molecule has 0 unspecified atom stereocenters. The number of nitrogens with one attached hydrogen (secondary N) is 2. The molecule has 2 aromatic carbocycles. The lowest BCUT2D eigenvalue weighted by Gasteiger charge is -2.07. The van der Waals surface area contributed by atoms with Crippen LogP contribution >= 0.6 is 0 Å². The van der Waals surface area contributed by atoms with Crippen LogP contribution in [0.1, 0.15) is 16.1 Å². The van der Waals surface area contributed by atoms with Gasteiger partial charge in [0.2, 0.25) is 0 Å². The van der Waals surface area contributed by atoms with Crippen molar-refractivity contribution in [1.29, 1.82) is 0 Å². The number of hydrogen-bond donors (Lipinski definition) is 2.